The number of thiophene rings is 1. The van der Waals surface area contributed by atoms with Gasteiger partial charge in [0.25, 0.3) is 11.8 Å². The van der Waals surface area contributed by atoms with Crippen molar-refractivity contribution in [3.05, 3.63) is 77.4 Å². The van der Waals surface area contributed by atoms with E-state index in [1.807, 2.05) is 23.6 Å². The van der Waals surface area contributed by atoms with E-state index in [1.54, 1.807) is 47.8 Å². The Hall–Kier alpha value is -3.03. The van der Waals surface area contributed by atoms with E-state index in [9.17, 15) is 9.59 Å². The first-order valence-corrected chi connectivity index (χ1v) is 10.7. The molecule has 3 heterocycles. The summed E-state index contributed by atoms with van der Waals surface area (Å²) in [4.78, 5) is 32.7. The van der Waals surface area contributed by atoms with Gasteiger partial charge in [-0.05, 0) is 34.7 Å². The van der Waals surface area contributed by atoms with E-state index >= 15 is 0 Å². The molecule has 30 heavy (non-hydrogen) atoms. The molecule has 1 N–H and O–H groups in total. The fraction of sp³-hybridized carbons (Fsp3) is 0.261. The predicted octanol–water partition coefficient (Wildman–Crippen LogP) is 3.01. The van der Waals surface area contributed by atoms with E-state index in [2.05, 4.69) is 28.5 Å². The van der Waals surface area contributed by atoms with Crippen LogP contribution in [0.25, 0.3) is 10.4 Å². The van der Waals surface area contributed by atoms with Crippen LogP contribution in [-0.4, -0.2) is 54.0 Å². The van der Waals surface area contributed by atoms with Crippen molar-refractivity contribution in [3.8, 4) is 10.4 Å². The minimum Gasteiger partial charge on any atom is -0.361 e. The Labute approximate surface area is 179 Å². The van der Waals surface area contributed by atoms with Gasteiger partial charge < -0.3 is 15.0 Å². The molecular weight excluding hydrogens is 398 g/mol. The summed E-state index contributed by atoms with van der Waals surface area (Å²) in [5, 5.41) is 4.77. The zero-order chi connectivity index (χ0) is 21.0. The topological polar surface area (TPSA) is 71.5 Å². The van der Waals surface area contributed by atoms with Crippen LogP contribution in [0.2, 0.25) is 0 Å². The van der Waals surface area contributed by atoms with Gasteiger partial charge >= 0.3 is 0 Å². The van der Waals surface area contributed by atoms with Crippen LogP contribution in [0.1, 0.15) is 15.9 Å². The minimum absolute atomic E-state index is 0.146. The van der Waals surface area contributed by atoms with Gasteiger partial charge in [0.05, 0.1) is 18.7 Å². The molecule has 7 heteroatoms. The summed E-state index contributed by atoms with van der Waals surface area (Å²) >= 11 is 1.69. The molecule has 0 radical (unpaired) electrons. The number of carbonyl (C=O) groups excluding carboxylic acids is 2. The maximum Gasteiger partial charge on any atom is 0.255 e. The number of benzene rings is 1. The van der Waals surface area contributed by atoms with Gasteiger partial charge in [0.15, 0.2) is 5.60 Å². The summed E-state index contributed by atoms with van der Waals surface area (Å²) < 4.78 is 6.02. The number of nitrogens with zero attached hydrogens (tertiary/aromatic N) is 2. The molecule has 1 aromatic carbocycles. The van der Waals surface area contributed by atoms with Crippen LogP contribution in [0.5, 0.6) is 0 Å². The highest BCUT2D eigenvalue weighted by atomic mass is 32.1. The lowest BCUT2D eigenvalue weighted by atomic mass is 9.90. The zero-order valence-electron chi connectivity index (χ0n) is 16.7. The van der Waals surface area contributed by atoms with Crippen molar-refractivity contribution >= 4 is 23.2 Å². The number of rotatable bonds is 5. The number of hydrogen-bond donors (Lipinski definition) is 1. The maximum atomic E-state index is 12.9. The lowest BCUT2D eigenvalue weighted by molar-refractivity contribution is -0.156. The second-order valence-electron chi connectivity index (χ2n) is 7.24. The summed E-state index contributed by atoms with van der Waals surface area (Å²) in [7, 11) is 1.59. The molecule has 1 aliphatic rings. The Bertz CT molecular complexity index is 1010. The SMILES string of the molecule is CNC(=O)C1(Cc2ccc(-c3cccs3)cc2)CN(C(=O)c2cccnc2)CCO1. The third-order valence-electron chi connectivity index (χ3n) is 5.27. The van der Waals surface area contributed by atoms with E-state index in [0.717, 1.165) is 11.1 Å². The van der Waals surface area contributed by atoms with Gasteiger partial charge in [-0.3, -0.25) is 14.6 Å². The number of aromatic nitrogens is 1. The zero-order valence-corrected chi connectivity index (χ0v) is 17.5. The van der Waals surface area contributed by atoms with Crippen molar-refractivity contribution in [1.29, 1.82) is 0 Å². The smallest absolute Gasteiger partial charge is 0.255 e. The normalized spacial score (nSPS) is 18.8. The first kappa shape index (κ1) is 20.3. The fourth-order valence-electron chi connectivity index (χ4n) is 3.74. The third-order valence-corrected chi connectivity index (χ3v) is 6.19. The number of ether oxygens (including phenoxy) is 1. The van der Waals surface area contributed by atoms with Gasteiger partial charge in [0, 0.05) is 37.3 Å². The van der Waals surface area contributed by atoms with Crippen LogP contribution < -0.4 is 5.32 Å². The second kappa shape index (κ2) is 8.77. The monoisotopic (exact) mass is 421 g/mol. The molecule has 1 fully saturated rings. The van der Waals surface area contributed by atoms with Gasteiger partial charge in [-0.25, -0.2) is 0 Å². The minimum atomic E-state index is -1.13. The summed E-state index contributed by atoms with van der Waals surface area (Å²) in [6, 6.07) is 15.7. The Morgan fingerprint density at radius 1 is 1.20 bits per heavy atom. The Morgan fingerprint density at radius 3 is 2.70 bits per heavy atom. The maximum absolute atomic E-state index is 12.9. The number of morpholine rings is 1. The van der Waals surface area contributed by atoms with Crippen LogP contribution in [0.4, 0.5) is 0 Å². The molecule has 1 saturated heterocycles. The van der Waals surface area contributed by atoms with Crippen molar-refractivity contribution in [3.63, 3.8) is 0 Å². The van der Waals surface area contributed by atoms with Crippen LogP contribution in [-0.2, 0) is 16.0 Å². The Balaban J connectivity index is 1.56. The molecule has 0 aliphatic carbocycles. The van der Waals surface area contributed by atoms with Gasteiger partial charge in [0.1, 0.15) is 0 Å². The van der Waals surface area contributed by atoms with E-state index in [-0.39, 0.29) is 18.4 Å². The number of carbonyl (C=O) groups is 2. The van der Waals surface area contributed by atoms with Crippen LogP contribution in [0.3, 0.4) is 0 Å². The van der Waals surface area contributed by atoms with E-state index in [0.29, 0.717) is 25.1 Å². The molecule has 4 rings (SSSR count). The molecular formula is C23H23N3O3S. The summed E-state index contributed by atoms with van der Waals surface area (Å²) in [5.41, 5.74) is 1.50. The van der Waals surface area contributed by atoms with Gasteiger partial charge in [-0.15, -0.1) is 11.3 Å². The van der Waals surface area contributed by atoms with E-state index in [4.69, 9.17) is 4.74 Å². The molecule has 2 aromatic heterocycles. The largest absolute Gasteiger partial charge is 0.361 e. The lowest BCUT2D eigenvalue weighted by Crippen LogP contribution is -2.61. The summed E-state index contributed by atoms with van der Waals surface area (Å²) in [6.07, 6.45) is 3.56. The van der Waals surface area contributed by atoms with Crippen LogP contribution in [0, 0.1) is 0 Å². The molecule has 2 amide bonds. The average molecular weight is 422 g/mol. The predicted molar refractivity (Wildman–Crippen MR) is 116 cm³/mol. The average Bonchev–Trinajstić information content (AvgIpc) is 3.34. The van der Waals surface area contributed by atoms with E-state index in [1.165, 1.54) is 4.88 Å². The van der Waals surface area contributed by atoms with Crippen LogP contribution in [0.15, 0.2) is 66.3 Å². The molecule has 1 atom stereocenters. The third kappa shape index (κ3) is 4.13. The summed E-state index contributed by atoms with van der Waals surface area (Å²) in [5.74, 6) is -0.374. The Kier molecular flexibility index (Phi) is 5.92. The quantitative estimate of drug-likeness (QED) is 0.688. The standard InChI is InChI=1S/C23H23N3O3S/c1-24-22(28)23(14-17-6-8-18(9-7-17)20-5-3-13-30-20)16-26(11-12-29-23)21(27)19-4-2-10-25-15-19/h2-10,13,15H,11-12,14,16H2,1H3,(H,24,28). The molecule has 154 valence electrons. The molecule has 6 nitrogen and oxygen atoms in total. The van der Waals surface area contributed by atoms with Gasteiger partial charge in [-0.2, -0.15) is 0 Å². The molecule has 1 aliphatic heterocycles. The molecule has 0 bridgehead atoms. The first-order valence-electron chi connectivity index (χ1n) is 9.79. The number of amides is 2. The van der Waals surface area contributed by atoms with Gasteiger partial charge in [-0.1, -0.05) is 30.3 Å². The van der Waals surface area contributed by atoms with Crippen molar-refractivity contribution in [2.24, 2.45) is 0 Å². The highest BCUT2D eigenvalue weighted by Crippen LogP contribution is 2.28. The van der Waals surface area contributed by atoms with Crippen molar-refractivity contribution < 1.29 is 14.3 Å². The lowest BCUT2D eigenvalue weighted by Gasteiger charge is -2.41. The second-order valence-corrected chi connectivity index (χ2v) is 8.19. The molecule has 1 unspecified atom stereocenters. The summed E-state index contributed by atoms with van der Waals surface area (Å²) in [6.45, 7) is 0.920. The van der Waals surface area contributed by atoms with Crippen molar-refractivity contribution in [1.82, 2.24) is 15.2 Å². The number of likely N-dealkylation sites (N-methyl/N-ethyl adjacent to an activating group) is 1. The van der Waals surface area contributed by atoms with E-state index < -0.39 is 5.60 Å². The van der Waals surface area contributed by atoms with Gasteiger partial charge in [0.2, 0.25) is 0 Å². The number of hydrogen-bond acceptors (Lipinski definition) is 5. The van der Waals surface area contributed by atoms with Crippen LogP contribution >= 0.6 is 11.3 Å². The molecule has 0 spiro atoms. The molecule has 3 aromatic rings. The highest BCUT2D eigenvalue weighted by molar-refractivity contribution is 7.13. The van der Waals surface area contributed by atoms with Crippen molar-refractivity contribution in [2.45, 2.75) is 12.0 Å². The number of pyridine rings is 1. The molecule has 0 saturated carbocycles. The highest BCUT2D eigenvalue weighted by Gasteiger charge is 2.44. The van der Waals surface area contributed by atoms with Crippen molar-refractivity contribution in [2.75, 3.05) is 26.7 Å². The number of nitrogens with one attached hydrogen (secondary N) is 1. The fourth-order valence-corrected chi connectivity index (χ4v) is 4.47. The Morgan fingerprint density at radius 2 is 2.03 bits per heavy atom. The first-order chi connectivity index (χ1) is 14.6.